The van der Waals surface area contributed by atoms with Crippen molar-refractivity contribution in [3.8, 4) is 0 Å². The molecule has 0 aliphatic carbocycles. The van der Waals surface area contributed by atoms with Crippen LogP contribution >= 0.6 is 11.6 Å². The van der Waals surface area contributed by atoms with Gasteiger partial charge in [-0.25, -0.2) is 0 Å². The van der Waals surface area contributed by atoms with Crippen LogP contribution in [0, 0.1) is 12.3 Å². The van der Waals surface area contributed by atoms with Crippen molar-refractivity contribution < 1.29 is 4.79 Å². The van der Waals surface area contributed by atoms with Gasteiger partial charge in [-0.15, -0.1) is 0 Å². The Kier molecular flexibility index (Phi) is 3.33. The Labute approximate surface area is 90.1 Å². The summed E-state index contributed by atoms with van der Waals surface area (Å²) in [5.74, 6) is 0. The van der Waals surface area contributed by atoms with E-state index in [1.165, 1.54) is 0 Å². The molecule has 0 saturated carbocycles. The Morgan fingerprint density at radius 1 is 1.43 bits per heavy atom. The molecule has 1 nitrogen and oxygen atoms in total. The monoisotopic (exact) mass is 210 g/mol. The molecule has 0 radical (unpaired) electrons. The maximum Gasteiger partial charge on any atom is 0.125 e. The van der Waals surface area contributed by atoms with Crippen LogP contribution in [0.2, 0.25) is 5.02 Å². The Hall–Kier alpha value is -0.820. The summed E-state index contributed by atoms with van der Waals surface area (Å²) in [6.07, 6.45) is 1.67. The van der Waals surface area contributed by atoms with Gasteiger partial charge in [0.15, 0.2) is 0 Å². The first kappa shape index (κ1) is 11.3. The topological polar surface area (TPSA) is 17.1 Å². The van der Waals surface area contributed by atoms with Gasteiger partial charge < -0.3 is 4.79 Å². The first-order valence-corrected chi connectivity index (χ1v) is 5.04. The molecule has 0 heterocycles. The van der Waals surface area contributed by atoms with Crippen LogP contribution in [-0.4, -0.2) is 6.29 Å². The minimum absolute atomic E-state index is 0.334. The van der Waals surface area contributed by atoms with E-state index in [9.17, 15) is 4.79 Å². The minimum atomic E-state index is -0.334. The van der Waals surface area contributed by atoms with Crippen molar-refractivity contribution in [3.63, 3.8) is 0 Å². The standard InChI is InChI=1S/C12H15ClO/c1-9-4-5-10(11(13)6-9)7-12(2,3)8-14/h4-6,8H,7H2,1-3H3. The van der Waals surface area contributed by atoms with E-state index < -0.39 is 0 Å². The summed E-state index contributed by atoms with van der Waals surface area (Å²) in [7, 11) is 0. The summed E-state index contributed by atoms with van der Waals surface area (Å²) in [6, 6.07) is 5.93. The Bertz CT molecular complexity index is 342. The van der Waals surface area contributed by atoms with E-state index in [4.69, 9.17) is 11.6 Å². The van der Waals surface area contributed by atoms with Crippen LogP contribution in [0.25, 0.3) is 0 Å². The van der Waals surface area contributed by atoms with E-state index in [0.29, 0.717) is 6.42 Å². The van der Waals surface area contributed by atoms with Gasteiger partial charge in [0.2, 0.25) is 0 Å². The van der Waals surface area contributed by atoms with Crippen molar-refractivity contribution in [3.05, 3.63) is 34.3 Å². The van der Waals surface area contributed by atoms with E-state index in [-0.39, 0.29) is 5.41 Å². The molecule has 0 atom stereocenters. The van der Waals surface area contributed by atoms with Crippen LogP contribution in [0.15, 0.2) is 18.2 Å². The van der Waals surface area contributed by atoms with Gasteiger partial charge in [0.1, 0.15) is 6.29 Å². The summed E-state index contributed by atoms with van der Waals surface area (Å²) in [5.41, 5.74) is 1.84. The van der Waals surface area contributed by atoms with E-state index >= 15 is 0 Å². The lowest BCUT2D eigenvalue weighted by molar-refractivity contribution is -0.114. The zero-order valence-electron chi connectivity index (χ0n) is 8.80. The summed E-state index contributed by atoms with van der Waals surface area (Å²) in [6.45, 7) is 5.83. The second-order valence-corrected chi connectivity index (χ2v) is 4.79. The van der Waals surface area contributed by atoms with Crippen LogP contribution < -0.4 is 0 Å². The van der Waals surface area contributed by atoms with Crippen molar-refractivity contribution >= 4 is 17.9 Å². The van der Waals surface area contributed by atoms with Crippen LogP contribution in [0.1, 0.15) is 25.0 Å². The highest BCUT2D eigenvalue weighted by atomic mass is 35.5. The van der Waals surface area contributed by atoms with Gasteiger partial charge in [-0.05, 0) is 30.5 Å². The minimum Gasteiger partial charge on any atom is -0.303 e. The fourth-order valence-corrected chi connectivity index (χ4v) is 1.63. The Morgan fingerprint density at radius 2 is 2.07 bits per heavy atom. The van der Waals surface area contributed by atoms with Crippen molar-refractivity contribution in [2.75, 3.05) is 0 Å². The van der Waals surface area contributed by atoms with Crippen LogP contribution in [0.3, 0.4) is 0 Å². The summed E-state index contributed by atoms with van der Waals surface area (Å²) < 4.78 is 0. The number of benzene rings is 1. The lowest BCUT2D eigenvalue weighted by Gasteiger charge is -2.17. The predicted molar refractivity (Wildman–Crippen MR) is 59.7 cm³/mol. The van der Waals surface area contributed by atoms with Crippen molar-refractivity contribution in [2.24, 2.45) is 5.41 Å². The molecule has 0 fully saturated rings. The smallest absolute Gasteiger partial charge is 0.125 e. The molecule has 14 heavy (non-hydrogen) atoms. The van der Waals surface area contributed by atoms with Crippen molar-refractivity contribution in [1.82, 2.24) is 0 Å². The summed E-state index contributed by atoms with van der Waals surface area (Å²) in [4.78, 5) is 10.8. The molecule has 1 rings (SSSR count). The van der Waals surface area contributed by atoms with E-state index in [0.717, 1.165) is 22.4 Å². The lowest BCUT2D eigenvalue weighted by atomic mass is 9.87. The SMILES string of the molecule is Cc1ccc(CC(C)(C)C=O)c(Cl)c1. The number of hydrogen-bond donors (Lipinski definition) is 0. The number of rotatable bonds is 3. The number of carbonyl (C=O) groups excluding carboxylic acids is 1. The molecule has 0 spiro atoms. The molecule has 0 aromatic heterocycles. The highest BCUT2D eigenvalue weighted by Gasteiger charge is 2.18. The molecule has 0 unspecified atom stereocenters. The number of hydrogen-bond acceptors (Lipinski definition) is 1. The average Bonchev–Trinajstić information content (AvgIpc) is 2.10. The lowest BCUT2D eigenvalue weighted by Crippen LogP contribution is -2.16. The highest BCUT2D eigenvalue weighted by molar-refractivity contribution is 6.31. The Morgan fingerprint density at radius 3 is 2.57 bits per heavy atom. The quantitative estimate of drug-likeness (QED) is 0.699. The van der Waals surface area contributed by atoms with Gasteiger partial charge in [-0.3, -0.25) is 0 Å². The first-order valence-electron chi connectivity index (χ1n) is 4.66. The number of carbonyl (C=O) groups is 1. The number of aldehydes is 1. The first-order chi connectivity index (χ1) is 6.44. The molecule has 0 aliphatic rings. The molecule has 0 N–H and O–H groups in total. The third kappa shape index (κ3) is 2.85. The number of halogens is 1. The predicted octanol–water partition coefficient (Wildman–Crippen LogP) is 3.42. The molecular weight excluding hydrogens is 196 g/mol. The summed E-state index contributed by atoms with van der Waals surface area (Å²) in [5, 5.41) is 0.750. The van der Waals surface area contributed by atoms with E-state index in [1.807, 2.05) is 39.0 Å². The van der Waals surface area contributed by atoms with Gasteiger partial charge >= 0.3 is 0 Å². The van der Waals surface area contributed by atoms with Crippen molar-refractivity contribution in [1.29, 1.82) is 0 Å². The normalized spacial score (nSPS) is 11.4. The van der Waals surface area contributed by atoms with Crippen LogP contribution in [0.5, 0.6) is 0 Å². The molecule has 0 aliphatic heterocycles. The highest BCUT2D eigenvalue weighted by Crippen LogP contribution is 2.25. The zero-order chi connectivity index (χ0) is 10.8. The second kappa shape index (κ2) is 4.14. The van der Waals surface area contributed by atoms with Gasteiger partial charge in [-0.2, -0.15) is 0 Å². The van der Waals surface area contributed by atoms with Crippen LogP contribution in [0.4, 0.5) is 0 Å². The van der Waals surface area contributed by atoms with Gasteiger partial charge in [0.05, 0.1) is 0 Å². The molecule has 0 bridgehead atoms. The molecule has 2 heteroatoms. The van der Waals surface area contributed by atoms with Gasteiger partial charge in [0, 0.05) is 10.4 Å². The molecule has 0 saturated heterocycles. The maximum absolute atomic E-state index is 10.8. The fraction of sp³-hybridized carbons (Fsp3) is 0.417. The third-order valence-electron chi connectivity index (χ3n) is 2.17. The number of aryl methyl sites for hydroxylation is 1. The molecule has 1 aromatic carbocycles. The zero-order valence-corrected chi connectivity index (χ0v) is 9.56. The fourth-order valence-electron chi connectivity index (χ4n) is 1.33. The maximum atomic E-state index is 10.8. The molecule has 1 aromatic rings. The van der Waals surface area contributed by atoms with Crippen LogP contribution in [-0.2, 0) is 11.2 Å². The van der Waals surface area contributed by atoms with Gasteiger partial charge in [0.25, 0.3) is 0 Å². The van der Waals surface area contributed by atoms with E-state index in [2.05, 4.69) is 0 Å². The second-order valence-electron chi connectivity index (χ2n) is 4.38. The van der Waals surface area contributed by atoms with Crippen molar-refractivity contribution in [2.45, 2.75) is 27.2 Å². The van der Waals surface area contributed by atoms with E-state index in [1.54, 1.807) is 0 Å². The van der Waals surface area contributed by atoms with Gasteiger partial charge in [-0.1, -0.05) is 37.6 Å². The summed E-state index contributed by atoms with van der Waals surface area (Å²) >= 11 is 6.08. The third-order valence-corrected chi connectivity index (χ3v) is 2.53. The molecule has 0 amide bonds. The molecule has 76 valence electrons. The Balaban J connectivity index is 2.92. The average molecular weight is 211 g/mol. The molecular formula is C12H15ClO. The largest absolute Gasteiger partial charge is 0.303 e.